The summed E-state index contributed by atoms with van der Waals surface area (Å²) in [6, 6.07) is 16.0. The van der Waals surface area contributed by atoms with Crippen molar-refractivity contribution >= 4 is 41.5 Å². The Morgan fingerprint density at radius 3 is 2.75 bits per heavy atom. The Kier molecular flexibility index (Phi) is 10.4. The number of amides is 1. The highest BCUT2D eigenvalue weighted by Gasteiger charge is 2.21. The summed E-state index contributed by atoms with van der Waals surface area (Å²) in [4.78, 5) is 17.6. The quantitative estimate of drug-likeness (QED) is 0.264. The second kappa shape index (κ2) is 13.0. The number of halogens is 1. The minimum absolute atomic E-state index is 0. The molecule has 1 unspecified atom stereocenters. The lowest BCUT2D eigenvalue weighted by Crippen LogP contribution is -2.51. The minimum Gasteiger partial charge on any atom is -0.497 e. The van der Waals surface area contributed by atoms with Crippen molar-refractivity contribution in [1.82, 2.24) is 10.6 Å². The lowest BCUT2D eigenvalue weighted by atomic mass is 10.0. The van der Waals surface area contributed by atoms with Gasteiger partial charge >= 0.3 is 0 Å². The van der Waals surface area contributed by atoms with Crippen molar-refractivity contribution in [3.05, 3.63) is 54.1 Å². The van der Waals surface area contributed by atoms with E-state index in [9.17, 15) is 4.79 Å². The molecule has 1 aliphatic heterocycles. The maximum Gasteiger partial charge on any atom is 0.255 e. The van der Waals surface area contributed by atoms with E-state index in [1.54, 1.807) is 20.2 Å². The smallest absolute Gasteiger partial charge is 0.255 e. The number of carbonyl (C=O) groups is 1. The topological polar surface area (TPSA) is 101 Å². The number of nitrogens with zero attached hydrogens (tertiary/aromatic N) is 2. The molecule has 1 atom stereocenters. The number of hydrogen-bond acceptors (Lipinski definition) is 5. The first-order valence-corrected chi connectivity index (χ1v) is 10.4. The van der Waals surface area contributed by atoms with Crippen LogP contribution in [0.5, 0.6) is 11.5 Å². The maximum absolute atomic E-state index is 10.9. The second-order valence-electron chi connectivity index (χ2n) is 7.46. The molecule has 1 aliphatic rings. The van der Waals surface area contributed by atoms with Gasteiger partial charge in [-0.25, -0.2) is 0 Å². The molecule has 0 radical (unpaired) electrons. The van der Waals surface area contributed by atoms with Crippen molar-refractivity contribution in [2.75, 3.05) is 38.8 Å². The molecule has 9 heteroatoms. The Bertz CT molecular complexity index is 909. The molecular formula is C23H32IN5O3. The Balaban J connectivity index is 0.00000363. The van der Waals surface area contributed by atoms with Gasteiger partial charge in [-0.3, -0.25) is 9.79 Å². The molecule has 1 saturated heterocycles. The number of hydrogen-bond donors (Lipinski definition) is 3. The normalized spacial score (nSPS) is 16.0. The molecular weight excluding hydrogens is 521 g/mol. The van der Waals surface area contributed by atoms with Crippen LogP contribution in [0, 0.1) is 0 Å². The van der Waals surface area contributed by atoms with Gasteiger partial charge in [-0.05, 0) is 42.7 Å². The predicted molar refractivity (Wildman–Crippen MR) is 138 cm³/mol. The Hall–Kier alpha value is -2.69. The first-order chi connectivity index (χ1) is 15.1. The summed E-state index contributed by atoms with van der Waals surface area (Å²) in [5.74, 6) is 1.74. The summed E-state index contributed by atoms with van der Waals surface area (Å²) in [6.07, 6.45) is 2.18. The number of guanidine groups is 1. The van der Waals surface area contributed by atoms with Crippen LogP contribution >= 0.6 is 24.0 Å². The first-order valence-electron chi connectivity index (χ1n) is 10.4. The third kappa shape index (κ3) is 7.77. The van der Waals surface area contributed by atoms with Gasteiger partial charge in [0.1, 0.15) is 11.5 Å². The van der Waals surface area contributed by atoms with Crippen LogP contribution in [-0.2, 0) is 11.3 Å². The largest absolute Gasteiger partial charge is 0.497 e. The molecule has 0 bridgehead atoms. The second-order valence-corrected chi connectivity index (χ2v) is 7.46. The van der Waals surface area contributed by atoms with Crippen molar-refractivity contribution < 1.29 is 14.3 Å². The third-order valence-electron chi connectivity index (χ3n) is 5.14. The molecule has 2 aromatic rings. The summed E-state index contributed by atoms with van der Waals surface area (Å²) < 4.78 is 10.7. The van der Waals surface area contributed by atoms with Gasteiger partial charge in [0.05, 0.1) is 7.11 Å². The molecule has 1 fully saturated rings. The van der Waals surface area contributed by atoms with Crippen molar-refractivity contribution in [3.63, 3.8) is 0 Å². The number of piperidine rings is 1. The number of anilines is 1. The van der Waals surface area contributed by atoms with E-state index in [2.05, 4.69) is 32.7 Å². The van der Waals surface area contributed by atoms with Crippen LogP contribution in [0.3, 0.4) is 0 Å². The van der Waals surface area contributed by atoms with E-state index in [-0.39, 0.29) is 36.6 Å². The number of primary amides is 1. The zero-order valence-corrected chi connectivity index (χ0v) is 20.9. The van der Waals surface area contributed by atoms with Crippen molar-refractivity contribution in [1.29, 1.82) is 0 Å². The highest BCUT2D eigenvalue weighted by molar-refractivity contribution is 14.0. The fourth-order valence-electron chi connectivity index (χ4n) is 3.61. The standard InChI is InChI=1S/C23H31N5O3.HI/c1-25-23(26-14-17-6-3-10-21(12-17)31-16-22(24)29)27-18-7-5-11-28(15-18)19-8-4-9-20(13-19)30-2;/h3-4,6,8-10,12-13,18H,5,7,11,14-16H2,1-2H3,(H2,24,29)(H2,25,26,27);1H. The van der Waals surface area contributed by atoms with Crippen LogP contribution in [0.2, 0.25) is 0 Å². The van der Waals surface area contributed by atoms with Crippen LogP contribution in [0.4, 0.5) is 5.69 Å². The van der Waals surface area contributed by atoms with Crippen LogP contribution in [0.15, 0.2) is 53.5 Å². The van der Waals surface area contributed by atoms with Crippen LogP contribution < -0.4 is 30.7 Å². The van der Waals surface area contributed by atoms with E-state index >= 15 is 0 Å². The highest BCUT2D eigenvalue weighted by atomic mass is 127. The fraction of sp³-hybridized carbons (Fsp3) is 0.391. The summed E-state index contributed by atoms with van der Waals surface area (Å²) >= 11 is 0. The monoisotopic (exact) mass is 553 g/mol. The van der Waals surface area contributed by atoms with Gasteiger partial charge in [0, 0.05) is 44.5 Å². The van der Waals surface area contributed by atoms with Crippen LogP contribution in [0.25, 0.3) is 0 Å². The number of aliphatic imine (C=N–C) groups is 1. The van der Waals surface area contributed by atoms with Crippen molar-refractivity contribution in [2.24, 2.45) is 10.7 Å². The Morgan fingerprint density at radius 2 is 2.00 bits per heavy atom. The van der Waals surface area contributed by atoms with E-state index in [1.165, 1.54) is 5.69 Å². The lowest BCUT2D eigenvalue weighted by molar-refractivity contribution is -0.119. The number of ether oxygens (including phenoxy) is 2. The zero-order chi connectivity index (χ0) is 22.1. The SMILES string of the molecule is CN=C(NCc1cccc(OCC(N)=O)c1)NC1CCCN(c2cccc(OC)c2)C1.I. The van der Waals surface area contributed by atoms with Gasteiger partial charge in [-0.1, -0.05) is 18.2 Å². The zero-order valence-electron chi connectivity index (χ0n) is 18.5. The fourth-order valence-corrected chi connectivity index (χ4v) is 3.61. The molecule has 174 valence electrons. The number of rotatable bonds is 8. The average molecular weight is 553 g/mol. The van der Waals surface area contributed by atoms with Gasteiger partial charge in [0.25, 0.3) is 5.91 Å². The van der Waals surface area contributed by atoms with E-state index in [1.807, 2.05) is 30.3 Å². The molecule has 0 aromatic heterocycles. The summed E-state index contributed by atoms with van der Waals surface area (Å²) in [5, 5.41) is 6.88. The molecule has 0 saturated carbocycles. The van der Waals surface area contributed by atoms with Gasteiger partial charge in [0.15, 0.2) is 12.6 Å². The third-order valence-corrected chi connectivity index (χ3v) is 5.14. The van der Waals surface area contributed by atoms with Crippen molar-refractivity contribution in [2.45, 2.75) is 25.4 Å². The van der Waals surface area contributed by atoms with Gasteiger partial charge in [-0.2, -0.15) is 0 Å². The number of nitrogens with two attached hydrogens (primary N) is 1. The summed E-state index contributed by atoms with van der Waals surface area (Å²) in [7, 11) is 3.46. The number of nitrogens with one attached hydrogen (secondary N) is 2. The lowest BCUT2D eigenvalue weighted by Gasteiger charge is -2.35. The van der Waals surface area contributed by atoms with Gasteiger partial charge in [-0.15, -0.1) is 24.0 Å². The molecule has 32 heavy (non-hydrogen) atoms. The molecule has 0 aliphatic carbocycles. The number of carbonyl (C=O) groups excluding carboxylic acids is 1. The molecule has 1 heterocycles. The molecule has 0 spiro atoms. The molecule has 3 rings (SSSR count). The van der Waals surface area contributed by atoms with Crippen LogP contribution in [-0.4, -0.2) is 51.8 Å². The van der Waals surface area contributed by atoms with E-state index in [0.29, 0.717) is 12.3 Å². The highest BCUT2D eigenvalue weighted by Crippen LogP contribution is 2.24. The van der Waals surface area contributed by atoms with Crippen molar-refractivity contribution in [3.8, 4) is 11.5 Å². The van der Waals surface area contributed by atoms with E-state index in [0.717, 1.165) is 43.2 Å². The molecule has 4 N–H and O–H groups in total. The molecule has 8 nitrogen and oxygen atoms in total. The van der Waals surface area contributed by atoms with Crippen LogP contribution in [0.1, 0.15) is 18.4 Å². The predicted octanol–water partition coefficient (Wildman–Crippen LogP) is 2.51. The van der Waals surface area contributed by atoms with Gasteiger partial charge < -0.3 is 30.7 Å². The Labute approximate surface area is 206 Å². The average Bonchev–Trinajstić information content (AvgIpc) is 2.81. The number of methoxy groups -OCH3 is 1. The van der Waals surface area contributed by atoms with E-state index in [4.69, 9.17) is 15.2 Å². The summed E-state index contributed by atoms with van der Waals surface area (Å²) in [5.41, 5.74) is 7.32. The van der Waals surface area contributed by atoms with E-state index < -0.39 is 5.91 Å². The first kappa shape index (κ1) is 25.6. The molecule has 2 aromatic carbocycles. The molecule has 1 amide bonds. The number of benzene rings is 2. The minimum atomic E-state index is -0.497. The Morgan fingerprint density at radius 1 is 1.22 bits per heavy atom. The maximum atomic E-state index is 10.9. The van der Waals surface area contributed by atoms with Gasteiger partial charge in [0.2, 0.25) is 0 Å². The summed E-state index contributed by atoms with van der Waals surface area (Å²) in [6.45, 7) is 2.37.